The van der Waals surface area contributed by atoms with Crippen molar-refractivity contribution in [1.82, 2.24) is 0 Å². The monoisotopic (exact) mass is 178 g/mol. The molecule has 66 valence electrons. The second-order valence-electron chi connectivity index (χ2n) is 1.64. The molecular formula is C7H5F3O2. The van der Waals surface area contributed by atoms with Crippen LogP contribution in [0.2, 0.25) is 0 Å². The van der Waals surface area contributed by atoms with Gasteiger partial charge in [0.05, 0.1) is 0 Å². The quantitative estimate of drug-likeness (QED) is 0.485. The van der Waals surface area contributed by atoms with Crippen molar-refractivity contribution < 1.29 is 23.1 Å². The maximum absolute atomic E-state index is 12.0. The Morgan fingerprint density at radius 3 is 1.75 bits per heavy atom. The van der Waals surface area contributed by atoms with E-state index in [1.54, 1.807) is 0 Å². The Morgan fingerprint density at radius 2 is 1.50 bits per heavy atom. The van der Waals surface area contributed by atoms with Crippen molar-refractivity contribution in [3.63, 3.8) is 0 Å². The van der Waals surface area contributed by atoms with Crippen LogP contribution >= 0.6 is 0 Å². The molecule has 2 nitrogen and oxygen atoms in total. The fourth-order valence-electron chi connectivity index (χ4n) is 0.477. The zero-order valence-electron chi connectivity index (χ0n) is 5.80. The number of carboxylic acid groups (broad SMARTS) is 1. The second kappa shape index (κ2) is 5.17. The van der Waals surface area contributed by atoms with Crippen molar-refractivity contribution in [1.29, 1.82) is 0 Å². The highest BCUT2D eigenvalue weighted by Crippen LogP contribution is 2.07. The topological polar surface area (TPSA) is 37.3 Å². The Hall–Kier alpha value is -1.52. The molecular weight excluding hydrogens is 173 g/mol. The van der Waals surface area contributed by atoms with E-state index in [1.807, 2.05) is 0 Å². The molecule has 1 rings (SSSR count). The molecule has 1 aromatic carbocycles. The van der Waals surface area contributed by atoms with Crippen LogP contribution in [-0.2, 0) is 4.79 Å². The van der Waals surface area contributed by atoms with Crippen LogP contribution < -0.4 is 0 Å². The predicted molar refractivity (Wildman–Crippen MR) is 35.0 cm³/mol. The average Bonchev–Trinajstić information content (AvgIpc) is 2.02. The standard InChI is InChI=1S/C6H3F3.CH2O2/c7-4-2-1-3-5(8)6(4)9;2-1-3/h1-3H;1H,(H,2,3). The van der Waals surface area contributed by atoms with Crippen molar-refractivity contribution in [2.75, 3.05) is 0 Å². The molecule has 0 saturated carbocycles. The van der Waals surface area contributed by atoms with E-state index in [9.17, 15) is 13.2 Å². The smallest absolute Gasteiger partial charge is 0.290 e. The zero-order chi connectivity index (χ0) is 9.56. The van der Waals surface area contributed by atoms with E-state index in [4.69, 9.17) is 9.90 Å². The van der Waals surface area contributed by atoms with Gasteiger partial charge in [0.25, 0.3) is 6.47 Å². The van der Waals surface area contributed by atoms with E-state index in [2.05, 4.69) is 0 Å². The van der Waals surface area contributed by atoms with Gasteiger partial charge in [-0.25, -0.2) is 13.2 Å². The molecule has 5 heteroatoms. The molecule has 0 aromatic heterocycles. The highest BCUT2D eigenvalue weighted by Gasteiger charge is 2.04. The van der Waals surface area contributed by atoms with Gasteiger partial charge in [-0.1, -0.05) is 6.07 Å². The van der Waals surface area contributed by atoms with E-state index in [-0.39, 0.29) is 6.47 Å². The van der Waals surface area contributed by atoms with Crippen LogP contribution in [0.15, 0.2) is 18.2 Å². The van der Waals surface area contributed by atoms with Crippen molar-refractivity contribution in [3.05, 3.63) is 35.7 Å². The summed E-state index contributed by atoms with van der Waals surface area (Å²) in [6, 6.07) is 2.82. The van der Waals surface area contributed by atoms with Crippen LogP contribution in [0.3, 0.4) is 0 Å². The normalized spacial score (nSPS) is 8.25. The van der Waals surface area contributed by atoms with E-state index in [0.29, 0.717) is 0 Å². The number of benzene rings is 1. The fourth-order valence-corrected chi connectivity index (χ4v) is 0.477. The molecule has 0 aliphatic rings. The molecule has 0 aliphatic heterocycles. The molecule has 12 heavy (non-hydrogen) atoms. The third kappa shape index (κ3) is 3.05. The number of hydrogen-bond acceptors (Lipinski definition) is 1. The van der Waals surface area contributed by atoms with Crippen LogP contribution in [0.25, 0.3) is 0 Å². The summed E-state index contributed by atoms with van der Waals surface area (Å²) in [6.07, 6.45) is 0. The van der Waals surface area contributed by atoms with Crippen LogP contribution in [-0.4, -0.2) is 11.6 Å². The summed E-state index contributed by atoms with van der Waals surface area (Å²) in [5, 5.41) is 6.89. The van der Waals surface area contributed by atoms with Crippen molar-refractivity contribution in [2.45, 2.75) is 0 Å². The van der Waals surface area contributed by atoms with Gasteiger partial charge < -0.3 is 5.11 Å². The Labute approximate surface area is 66.3 Å². The largest absolute Gasteiger partial charge is 0.483 e. The summed E-state index contributed by atoms with van der Waals surface area (Å²) in [6.45, 7) is -0.250. The lowest BCUT2D eigenvalue weighted by Gasteiger charge is -1.90. The lowest BCUT2D eigenvalue weighted by atomic mass is 10.3. The van der Waals surface area contributed by atoms with E-state index < -0.39 is 17.5 Å². The van der Waals surface area contributed by atoms with Gasteiger partial charge in [-0.15, -0.1) is 0 Å². The molecule has 0 aliphatic carbocycles. The third-order valence-corrected chi connectivity index (χ3v) is 0.904. The van der Waals surface area contributed by atoms with E-state index in [0.717, 1.165) is 18.2 Å². The molecule has 0 fully saturated rings. The number of hydrogen-bond donors (Lipinski definition) is 1. The Bertz CT molecular complexity index is 243. The first-order valence-corrected chi connectivity index (χ1v) is 2.80. The Morgan fingerprint density at radius 1 is 1.17 bits per heavy atom. The number of carbonyl (C=O) groups is 1. The van der Waals surface area contributed by atoms with E-state index >= 15 is 0 Å². The Kier molecular flexibility index (Phi) is 4.52. The molecule has 0 amide bonds. The summed E-state index contributed by atoms with van der Waals surface area (Å²) in [7, 11) is 0. The molecule has 1 aromatic rings. The minimum absolute atomic E-state index is 0.250. The van der Waals surface area contributed by atoms with Gasteiger partial charge in [-0.05, 0) is 12.1 Å². The minimum Gasteiger partial charge on any atom is -0.483 e. The van der Waals surface area contributed by atoms with Crippen LogP contribution in [0.4, 0.5) is 13.2 Å². The molecule has 0 spiro atoms. The zero-order valence-corrected chi connectivity index (χ0v) is 5.80. The van der Waals surface area contributed by atoms with Crippen LogP contribution in [0.5, 0.6) is 0 Å². The molecule has 0 heterocycles. The van der Waals surface area contributed by atoms with Gasteiger partial charge in [0.15, 0.2) is 17.5 Å². The second-order valence-corrected chi connectivity index (χ2v) is 1.64. The van der Waals surface area contributed by atoms with Crippen molar-refractivity contribution in [2.24, 2.45) is 0 Å². The fraction of sp³-hybridized carbons (Fsp3) is 0. The minimum atomic E-state index is -1.42. The highest BCUT2D eigenvalue weighted by atomic mass is 19.2. The molecule has 0 radical (unpaired) electrons. The number of halogens is 3. The first kappa shape index (κ1) is 10.5. The summed E-state index contributed by atoms with van der Waals surface area (Å²) in [4.78, 5) is 8.36. The lowest BCUT2D eigenvalue weighted by Crippen LogP contribution is -1.86. The van der Waals surface area contributed by atoms with Crippen molar-refractivity contribution >= 4 is 6.47 Å². The van der Waals surface area contributed by atoms with Crippen LogP contribution in [0.1, 0.15) is 0 Å². The predicted octanol–water partition coefficient (Wildman–Crippen LogP) is 1.80. The van der Waals surface area contributed by atoms with Gasteiger partial charge in [0, 0.05) is 0 Å². The summed E-state index contributed by atoms with van der Waals surface area (Å²) in [5.74, 6) is -3.73. The van der Waals surface area contributed by atoms with Gasteiger partial charge in [0.2, 0.25) is 0 Å². The molecule has 0 saturated heterocycles. The SMILES string of the molecule is Fc1cccc(F)c1F.O=CO. The molecule has 1 N–H and O–H groups in total. The molecule has 0 bridgehead atoms. The summed E-state index contributed by atoms with van der Waals surface area (Å²) < 4.78 is 35.9. The van der Waals surface area contributed by atoms with Crippen LogP contribution in [0, 0.1) is 17.5 Å². The first-order valence-electron chi connectivity index (χ1n) is 2.80. The third-order valence-electron chi connectivity index (χ3n) is 0.904. The molecule has 0 atom stereocenters. The van der Waals surface area contributed by atoms with Gasteiger partial charge in [0.1, 0.15) is 0 Å². The highest BCUT2D eigenvalue weighted by molar-refractivity contribution is 5.32. The summed E-state index contributed by atoms with van der Waals surface area (Å²) >= 11 is 0. The summed E-state index contributed by atoms with van der Waals surface area (Å²) in [5.41, 5.74) is 0. The maximum Gasteiger partial charge on any atom is 0.290 e. The van der Waals surface area contributed by atoms with Crippen molar-refractivity contribution in [3.8, 4) is 0 Å². The molecule has 0 unspecified atom stereocenters. The maximum atomic E-state index is 12.0. The average molecular weight is 178 g/mol. The number of rotatable bonds is 0. The van der Waals surface area contributed by atoms with Gasteiger partial charge in [-0.3, -0.25) is 4.79 Å². The van der Waals surface area contributed by atoms with Gasteiger partial charge >= 0.3 is 0 Å². The Balaban J connectivity index is 0.000000354. The lowest BCUT2D eigenvalue weighted by molar-refractivity contribution is -0.122. The first-order chi connectivity index (χ1) is 5.63. The van der Waals surface area contributed by atoms with Gasteiger partial charge in [-0.2, -0.15) is 0 Å². The van der Waals surface area contributed by atoms with E-state index in [1.165, 1.54) is 0 Å².